The Labute approximate surface area is 187 Å². The number of halogens is 1. The number of rotatable bonds is 7. The van der Waals surface area contributed by atoms with E-state index >= 15 is 0 Å². The number of likely N-dealkylation sites (N-methyl/N-ethyl adjacent to an activating group) is 1. The monoisotopic (exact) mass is 443 g/mol. The van der Waals surface area contributed by atoms with Gasteiger partial charge in [0.25, 0.3) is 5.91 Å². The van der Waals surface area contributed by atoms with Crippen molar-refractivity contribution in [3.05, 3.63) is 64.7 Å². The SMILES string of the molecule is COc1ccc(CC(=O)OCC(=O)N(C)C2(c3ccccc3Cl)CCCCC2=O)cc1. The fourth-order valence-corrected chi connectivity index (χ4v) is 4.33. The van der Waals surface area contributed by atoms with Crippen molar-refractivity contribution in [2.45, 2.75) is 37.6 Å². The summed E-state index contributed by atoms with van der Waals surface area (Å²) in [5.74, 6) is -0.324. The molecule has 6 nitrogen and oxygen atoms in total. The minimum atomic E-state index is -1.14. The Balaban J connectivity index is 1.71. The van der Waals surface area contributed by atoms with Gasteiger partial charge in [0, 0.05) is 24.1 Å². The maximum atomic E-state index is 13.1. The second-order valence-electron chi connectivity index (χ2n) is 7.61. The highest BCUT2D eigenvalue weighted by molar-refractivity contribution is 6.31. The molecule has 0 N–H and O–H groups in total. The van der Waals surface area contributed by atoms with Crippen molar-refractivity contribution in [3.63, 3.8) is 0 Å². The molecule has 0 spiro atoms. The molecule has 1 unspecified atom stereocenters. The molecule has 1 amide bonds. The standard InChI is InChI=1S/C24H26ClNO5/c1-26(22(28)16-31-23(29)15-17-10-12-18(30-2)13-11-17)24(14-6-5-9-21(24)27)19-7-3-4-8-20(19)25/h3-4,7-8,10-13H,5-6,9,14-16H2,1-2H3. The van der Waals surface area contributed by atoms with Crippen molar-refractivity contribution >= 4 is 29.3 Å². The van der Waals surface area contributed by atoms with Crippen LogP contribution in [0.1, 0.15) is 36.8 Å². The molecule has 2 aromatic carbocycles. The zero-order chi connectivity index (χ0) is 22.4. The smallest absolute Gasteiger partial charge is 0.310 e. The molecule has 1 aliphatic rings. The number of methoxy groups -OCH3 is 1. The van der Waals surface area contributed by atoms with E-state index in [0.29, 0.717) is 29.2 Å². The van der Waals surface area contributed by atoms with Crippen molar-refractivity contribution in [1.82, 2.24) is 4.90 Å². The van der Waals surface area contributed by atoms with E-state index in [-0.39, 0.29) is 12.2 Å². The number of benzene rings is 2. The molecule has 164 valence electrons. The van der Waals surface area contributed by atoms with Crippen LogP contribution in [0.3, 0.4) is 0 Å². The predicted octanol–water partition coefficient (Wildman–Crippen LogP) is 3.93. The summed E-state index contributed by atoms with van der Waals surface area (Å²) in [7, 11) is 3.14. The summed E-state index contributed by atoms with van der Waals surface area (Å²) >= 11 is 6.42. The molecule has 0 heterocycles. The van der Waals surface area contributed by atoms with Gasteiger partial charge in [-0.25, -0.2) is 0 Å². The van der Waals surface area contributed by atoms with E-state index in [1.807, 2.05) is 0 Å². The molecule has 2 aromatic rings. The summed E-state index contributed by atoms with van der Waals surface area (Å²) < 4.78 is 10.3. The molecule has 0 aliphatic heterocycles. The fraction of sp³-hybridized carbons (Fsp3) is 0.375. The first-order valence-electron chi connectivity index (χ1n) is 10.2. The lowest BCUT2D eigenvalue weighted by Crippen LogP contribution is -2.55. The van der Waals surface area contributed by atoms with Gasteiger partial charge in [0.05, 0.1) is 13.5 Å². The third kappa shape index (κ3) is 4.90. The third-order valence-electron chi connectivity index (χ3n) is 5.78. The van der Waals surface area contributed by atoms with Gasteiger partial charge in [-0.2, -0.15) is 0 Å². The van der Waals surface area contributed by atoms with Gasteiger partial charge >= 0.3 is 5.97 Å². The van der Waals surface area contributed by atoms with E-state index in [1.54, 1.807) is 62.7 Å². The van der Waals surface area contributed by atoms with Crippen molar-refractivity contribution in [2.75, 3.05) is 20.8 Å². The Morgan fingerprint density at radius 2 is 1.81 bits per heavy atom. The molecule has 0 bridgehead atoms. The number of Topliss-reactive ketones (excluding diaryl/α,β-unsaturated/α-hetero) is 1. The molecule has 1 saturated carbocycles. The quantitative estimate of drug-likeness (QED) is 0.606. The molecular weight excluding hydrogens is 418 g/mol. The van der Waals surface area contributed by atoms with Gasteiger partial charge < -0.3 is 14.4 Å². The number of amides is 1. The predicted molar refractivity (Wildman–Crippen MR) is 117 cm³/mol. The summed E-state index contributed by atoms with van der Waals surface area (Å²) in [4.78, 5) is 39.7. The minimum absolute atomic E-state index is 0.0373. The maximum absolute atomic E-state index is 13.1. The second kappa shape index (κ2) is 9.96. The van der Waals surface area contributed by atoms with Crippen LogP contribution in [-0.4, -0.2) is 43.3 Å². The lowest BCUT2D eigenvalue weighted by Gasteiger charge is -2.43. The first-order valence-corrected chi connectivity index (χ1v) is 10.6. The molecule has 7 heteroatoms. The summed E-state index contributed by atoms with van der Waals surface area (Å²) in [6.45, 7) is -0.440. The summed E-state index contributed by atoms with van der Waals surface area (Å²) in [6.07, 6.45) is 2.48. The summed E-state index contributed by atoms with van der Waals surface area (Å²) in [5.41, 5.74) is 0.221. The molecule has 1 aliphatic carbocycles. The molecular formula is C24H26ClNO5. The molecule has 31 heavy (non-hydrogen) atoms. The summed E-state index contributed by atoms with van der Waals surface area (Å²) in [5, 5.41) is 0.439. The second-order valence-corrected chi connectivity index (χ2v) is 8.02. The van der Waals surface area contributed by atoms with Crippen molar-refractivity contribution in [1.29, 1.82) is 0 Å². The minimum Gasteiger partial charge on any atom is -0.497 e. The Morgan fingerprint density at radius 1 is 1.10 bits per heavy atom. The van der Waals surface area contributed by atoms with Gasteiger partial charge in [0.1, 0.15) is 11.3 Å². The van der Waals surface area contributed by atoms with Crippen LogP contribution in [0.5, 0.6) is 5.75 Å². The van der Waals surface area contributed by atoms with E-state index in [4.69, 9.17) is 21.1 Å². The topological polar surface area (TPSA) is 72.9 Å². The highest BCUT2D eigenvalue weighted by Crippen LogP contribution is 2.42. The lowest BCUT2D eigenvalue weighted by atomic mass is 9.74. The zero-order valence-corrected chi connectivity index (χ0v) is 18.5. The molecule has 0 radical (unpaired) electrons. The Kier molecular flexibility index (Phi) is 7.33. The number of carbonyl (C=O) groups is 3. The Morgan fingerprint density at radius 3 is 2.45 bits per heavy atom. The number of esters is 1. The number of hydrogen-bond acceptors (Lipinski definition) is 5. The first kappa shape index (κ1) is 22.8. The largest absolute Gasteiger partial charge is 0.497 e. The van der Waals surface area contributed by atoms with Crippen LogP contribution in [-0.2, 0) is 31.1 Å². The van der Waals surface area contributed by atoms with E-state index in [0.717, 1.165) is 18.4 Å². The van der Waals surface area contributed by atoms with E-state index in [2.05, 4.69) is 0 Å². The van der Waals surface area contributed by atoms with E-state index in [1.165, 1.54) is 4.90 Å². The normalized spacial score (nSPS) is 18.4. The van der Waals surface area contributed by atoms with Gasteiger partial charge in [-0.15, -0.1) is 0 Å². The van der Waals surface area contributed by atoms with Gasteiger partial charge in [0.15, 0.2) is 12.4 Å². The van der Waals surface area contributed by atoms with Crippen LogP contribution < -0.4 is 4.74 Å². The van der Waals surface area contributed by atoms with Crippen molar-refractivity contribution in [2.24, 2.45) is 0 Å². The Hall–Kier alpha value is -2.86. The van der Waals surface area contributed by atoms with Gasteiger partial charge in [-0.1, -0.05) is 41.9 Å². The fourth-order valence-electron chi connectivity index (χ4n) is 4.04. The van der Waals surface area contributed by atoms with Gasteiger partial charge in [0.2, 0.25) is 0 Å². The summed E-state index contributed by atoms with van der Waals surface area (Å²) in [6, 6.07) is 14.1. The first-order chi connectivity index (χ1) is 14.9. The van der Waals surface area contributed by atoms with Crippen molar-refractivity contribution in [3.8, 4) is 5.75 Å². The van der Waals surface area contributed by atoms with E-state index < -0.39 is 24.0 Å². The van der Waals surface area contributed by atoms with Crippen LogP contribution in [0, 0.1) is 0 Å². The highest BCUT2D eigenvalue weighted by atomic mass is 35.5. The van der Waals surface area contributed by atoms with Crippen LogP contribution >= 0.6 is 11.6 Å². The van der Waals surface area contributed by atoms with Crippen molar-refractivity contribution < 1.29 is 23.9 Å². The van der Waals surface area contributed by atoms with Crippen LogP contribution in [0.2, 0.25) is 5.02 Å². The molecule has 1 atom stereocenters. The number of hydrogen-bond donors (Lipinski definition) is 0. The average molecular weight is 444 g/mol. The number of nitrogens with zero attached hydrogens (tertiary/aromatic N) is 1. The van der Waals surface area contributed by atoms with Gasteiger partial charge in [-0.05, 0) is 43.0 Å². The molecule has 0 aromatic heterocycles. The molecule has 3 rings (SSSR count). The lowest BCUT2D eigenvalue weighted by molar-refractivity contribution is -0.157. The van der Waals surface area contributed by atoms with E-state index in [9.17, 15) is 14.4 Å². The molecule has 0 saturated heterocycles. The van der Waals surface area contributed by atoms with Crippen LogP contribution in [0.4, 0.5) is 0 Å². The zero-order valence-electron chi connectivity index (χ0n) is 17.7. The molecule has 1 fully saturated rings. The van der Waals surface area contributed by atoms with Crippen LogP contribution in [0.25, 0.3) is 0 Å². The van der Waals surface area contributed by atoms with Crippen LogP contribution in [0.15, 0.2) is 48.5 Å². The highest BCUT2D eigenvalue weighted by Gasteiger charge is 2.47. The van der Waals surface area contributed by atoms with Gasteiger partial charge in [-0.3, -0.25) is 14.4 Å². The number of ketones is 1. The number of carbonyl (C=O) groups excluding carboxylic acids is 3. The third-order valence-corrected chi connectivity index (χ3v) is 6.11. The average Bonchev–Trinajstić information content (AvgIpc) is 2.78. The number of ether oxygens (including phenoxy) is 2. The Bertz CT molecular complexity index is 959. The maximum Gasteiger partial charge on any atom is 0.310 e.